The molecule has 1 atom stereocenters. The Labute approximate surface area is 129 Å². The summed E-state index contributed by atoms with van der Waals surface area (Å²) >= 11 is 0. The van der Waals surface area contributed by atoms with Gasteiger partial charge in [0.1, 0.15) is 0 Å². The molecule has 1 nitrogen and oxygen atoms in total. The van der Waals surface area contributed by atoms with Gasteiger partial charge < -0.3 is 5.32 Å². The first kappa shape index (κ1) is 15.8. The lowest BCUT2D eigenvalue weighted by molar-refractivity contribution is 0.508. The highest BCUT2D eigenvalue weighted by Crippen LogP contribution is 2.21. The zero-order valence-electron chi connectivity index (χ0n) is 13.5. The molecule has 0 aromatic heterocycles. The molecule has 0 bridgehead atoms. The lowest BCUT2D eigenvalue weighted by atomic mass is 9.92. The summed E-state index contributed by atoms with van der Waals surface area (Å²) in [5, 5.41) is 3.59. The number of hydrogen-bond donors (Lipinski definition) is 1. The molecule has 0 radical (unpaired) electrons. The SMILES string of the molecule is Cc1ccc(CCC(CNC(C)C)c2ccccc2)cc1. The van der Waals surface area contributed by atoms with E-state index in [1.807, 2.05) is 0 Å². The lowest BCUT2D eigenvalue weighted by Gasteiger charge is -2.20. The van der Waals surface area contributed by atoms with E-state index in [2.05, 4.69) is 80.7 Å². The topological polar surface area (TPSA) is 12.0 Å². The molecule has 1 unspecified atom stereocenters. The molecule has 2 aromatic carbocycles. The molecular weight excluding hydrogens is 254 g/mol. The van der Waals surface area contributed by atoms with Crippen LogP contribution in [0.25, 0.3) is 0 Å². The van der Waals surface area contributed by atoms with Gasteiger partial charge >= 0.3 is 0 Å². The Morgan fingerprint density at radius 3 is 2.19 bits per heavy atom. The molecular formula is C20H27N. The van der Waals surface area contributed by atoms with Crippen molar-refractivity contribution in [1.29, 1.82) is 0 Å². The summed E-state index contributed by atoms with van der Waals surface area (Å²) in [7, 11) is 0. The van der Waals surface area contributed by atoms with Crippen molar-refractivity contribution in [3.63, 3.8) is 0 Å². The van der Waals surface area contributed by atoms with Gasteiger partial charge in [0.25, 0.3) is 0 Å². The predicted octanol–water partition coefficient (Wildman–Crippen LogP) is 4.71. The molecule has 0 fully saturated rings. The fourth-order valence-corrected chi connectivity index (χ4v) is 2.59. The third kappa shape index (κ3) is 5.35. The Morgan fingerprint density at radius 2 is 1.57 bits per heavy atom. The van der Waals surface area contributed by atoms with Crippen molar-refractivity contribution in [2.24, 2.45) is 0 Å². The van der Waals surface area contributed by atoms with E-state index >= 15 is 0 Å². The molecule has 0 aliphatic rings. The quantitative estimate of drug-likeness (QED) is 0.775. The van der Waals surface area contributed by atoms with Gasteiger partial charge in [-0.05, 0) is 36.8 Å². The molecule has 2 rings (SSSR count). The Hall–Kier alpha value is -1.60. The van der Waals surface area contributed by atoms with Crippen LogP contribution in [0.3, 0.4) is 0 Å². The second-order valence-electron chi connectivity index (χ2n) is 6.19. The maximum absolute atomic E-state index is 3.59. The summed E-state index contributed by atoms with van der Waals surface area (Å²) in [6, 6.07) is 20.3. The van der Waals surface area contributed by atoms with Crippen molar-refractivity contribution in [3.05, 3.63) is 71.3 Å². The summed E-state index contributed by atoms with van der Waals surface area (Å²) in [6.45, 7) is 7.61. The molecule has 1 heteroatoms. The van der Waals surface area contributed by atoms with Crippen LogP contribution < -0.4 is 5.32 Å². The van der Waals surface area contributed by atoms with E-state index in [9.17, 15) is 0 Å². The van der Waals surface area contributed by atoms with E-state index in [4.69, 9.17) is 0 Å². The third-order valence-electron chi connectivity index (χ3n) is 3.95. The highest BCUT2D eigenvalue weighted by Gasteiger charge is 2.11. The largest absolute Gasteiger partial charge is 0.314 e. The zero-order chi connectivity index (χ0) is 15.1. The van der Waals surface area contributed by atoms with Gasteiger partial charge in [-0.25, -0.2) is 0 Å². The van der Waals surface area contributed by atoms with Crippen molar-refractivity contribution in [2.75, 3.05) is 6.54 Å². The van der Waals surface area contributed by atoms with Crippen molar-refractivity contribution in [2.45, 2.75) is 45.6 Å². The summed E-state index contributed by atoms with van der Waals surface area (Å²) in [5.41, 5.74) is 4.21. The summed E-state index contributed by atoms with van der Waals surface area (Å²) < 4.78 is 0. The second-order valence-corrected chi connectivity index (χ2v) is 6.19. The molecule has 0 amide bonds. The lowest BCUT2D eigenvalue weighted by Crippen LogP contribution is -2.28. The minimum Gasteiger partial charge on any atom is -0.314 e. The first-order chi connectivity index (χ1) is 10.1. The minimum absolute atomic E-state index is 0.538. The molecule has 21 heavy (non-hydrogen) atoms. The van der Waals surface area contributed by atoms with Gasteiger partial charge in [0, 0.05) is 12.6 Å². The number of benzene rings is 2. The first-order valence-corrected chi connectivity index (χ1v) is 7.99. The van der Waals surface area contributed by atoms with E-state index < -0.39 is 0 Å². The molecule has 2 aromatic rings. The predicted molar refractivity (Wildman–Crippen MR) is 91.8 cm³/mol. The minimum atomic E-state index is 0.538. The average Bonchev–Trinajstić information content (AvgIpc) is 2.50. The maximum Gasteiger partial charge on any atom is 0.00226 e. The van der Waals surface area contributed by atoms with Crippen molar-refractivity contribution in [1.82, 2.24) is 5.32 Å². The molecule has 0 saturated heterocycles. The first-order valence-electron chi connectivity index (χ1n) is 7.99. The van der Waals surface area contributed by atoms with Gasteiger partial charge in [0.05, 0.1) is 0 Å². The second kappa shape index (κ2) is 7.99. The average molecular weight is 281 g/mol. The highest BCUT2D eigenvalue weighted by molar-refractivity contribution is 5.23. The van der Waals surface area contributed by atoms with Crippen LogP contribution in [0.2, 0.25) is 0 Å². The highest BCUT2D eigenvalue weighted by atomic mass is 14.9. The van der Waals surface area contributed by atoms with Crippen LogP contribution in [0.4, 0.5) is 0 Å². The molecule has 0 spiro atoms. The number of nitrogens with one attached hydrogen (secondary N) is 1. The van der Waals surface area contributed by atoms with Crippen LogP contribution in [-0.2, 0) is 6.42 Å². The van der Waals surface area contributed by atoms with Gasteiger partial charge in [-0.2, -0.15) is 0 Å². The Bertz CT molecular complexity index is 513. The zero-order valence-corrected chi connectivity index (χ0v) is 13.5. The van der Waals surface area contributed by atoms with E-state index in [0.29, 0.717) is 12.0 Å². The Balaban J connectivity index is 2.00. The number of rotatable bonds is 7. The normalized spacial score (nSPS) is 12.6. The summed E-state index contributed by atoms with van der Waals surface area (Å²) in [6.07, 6.45) is 2.33. The summed E-state index contributed by atoms with van der Waals surface area (Å²) in [5.74, 6) is 0.579. The molecule has 0 aliphatic heterocycles. The molecule has 112 valence electrons. The summed E-state index contributed by atoms with van der Waals surface area (Å²) in [4.78, 5) is 0. The van der Waals surface area contributed by atoms with Crippen LogP contribution in [0.5, 0.6) is 0 Å². The smallest absolute Gasteiger partial charge is 0.00226 e. The van der Waals surface area contributed by atoms with E-state index in [-0.39, 0.29) is 0 Å². The molecule has 0 aliphatic carbocycles. The standard InChI is InChI=1S/C20H27N/c1-16(2)21-15-20(19-7-5-4-6-8-19)14-13-18-11-9-17(3)10-12-18/h4-12,16,20-21H,13-15H2,1-3H3. The van der Waals surface area contributed by atoms with Crippen molar-refractivity contribution >= 4 is 0 Å². The number of aryl methyl sites for hydroxylation is 2. The van der Waals surface area contributed by atoms with Crippen LogP contribution in [0.15, 0.2) is 54.6 Å². The van der Waals surface area contributed by atoms with E-state index in [1.165, 1.54) is 23.1 Å². The van der Waals surface area contributed by atoms with Crippen LogP contribution in [-0.4, -0.2) is 12.6 Å². The number of hydrogen-bond acceptors (Lipinski definition) is 1. The van der Waals surface area contributed by atoms with Crippen LogP contribution >= 0.6 is 0 Å². The van der Waals surface area contributed by atoms with Gasteiger partial charge in [-0.15, -0.1) is 0 Å². The van der Waals surface area contributed by atoms with Crippen LogP contribution in [0.1, 0.15) is 42.9 Å². The van der Waals surface area contributed by atoms with Gasteiger partial charge in [-0.1, -0.05) is 74.0 Å². The third-order valence-corrected chi connectivity index (χ3v) is 3.95. The van der Waals surface area contributed by atoms with Gasteiger partial charge in [0.2, 0.25) is 0 Å². The van der Waals surface area contributed by atoms with Crippen molar-refractivity contribution < 1.29 is 0 Å². The van der Waals surface area contributed by atoms with Gasteiger partial charge in [0.15, 0.2) is 0 Å². The maximum atomic E-state index is 3.59. The molecule has 1 N–H and O–H groups in total. The van der Waals surface area contributed by atoms with E-state index in [1.54, 1.807) is 0 Å². The Morgan fingerprint density at radius 1 is 0.905 bits per heavy atom. The van der Waals surface area contributed by atoms with Crippen molar-refractivity contribution in [3.8, 4) is 0 Å². The monoisotopic (exact) mass is 281 g/mol. The van der Waals surface area contributed by atoms with Gasteiger partial charge in [-0.3, -0.25) is 0 Å². The molecule has 0 saturated carbocycles. The fraction of sp³-hybridized carbons (Fsp3) is 0.400. The molecule has 0 heterocycles. The van der Waals surface area contributed by atoms with Crippen LogP contribution in [0, 0.1) is 6.92 Å². The van der Waals surface area contributed by atoms with E-state index in [0.717, 1.165) is 13.0 Å². The Kier molecular flexibility index (Phi) is 6.01. The fourth-order valence-electron chi connectivity index (χ4n) is 2.59.